The number of nitrogens with one attached hydrogen (secondary N) is 1. The van der Waals surface area contributed by atoms with Gasteiger partial charge in [0.2, 0.25) is 5.82 Å². The van der Waals surface area contributed by atoms with Gasteiger partial charge in [-0.25, -0.2) is 4.39 Å². The van der Waals surface area contributed by atoms with Gasteiger partial charge in [0.15, 0.2) is 0 Å². The van der Waals surface area contributed by atoms with Crippen molar-refractivity contribution in [2.45, 2.75) is 0 Å². The van der Waals surface area contributed by atoms with E-state index in [2.05, 4.69) is 20.6 Å². The van der Waals surface area contributed by atoms with Crippen molar-refractivity contribution in [1.82, 2.24) is 20.6 Å². The van der Waals surface area contributed by atoms with Gasteiger partial charge in [0.25, 0.3) is 0 Å². The fourth-order valence-corrected chi connectivity index (χ4v) is 1.07. The molecular formula is C8H4FN5. The van der Waals surface area contributed by atoms with E-state index in [1.807, 2.05) is 6.07 Å². The van der Waals surface area contributed by atoms with Gasteiger partial charge in [0, 0.05) is 5.56 Å². The smallest absolute Gasteiger partial charge is 0.206 e. The Kier molecular flexibility index (Phi) is 1.91. The lowest BCUT2D eigenvalue weighted by molar-refractivity contribution is 0.628. The van der Waals surface area contributed by atoms with Crippen molar-refractivity contribution >= 4 is 0 Å². The number of rotatable bonds is 1. The number of hydrogen-bond acceptors (Lipinski definition) is 4. The summed E-state index contributed by atoms with van der Waals surface area (Å²) in [5.74, 6) is -0.232. The van der Waals surface area contributed by atoms with Gasteiger partial charge in [0.1, 0.15) is 5.82 Å². The summed E-state index contributed by atoms with van der Waals surface area (Å²) >= 11 is 0. The van der Waals surface area contributed by atoms with Crippen molar-refractivity contribution < 1.29 is 4.39 Å². The molecule has 0 aliphatic carbocycles. The van der Waals surface area contributed by atoms with Gasteiger partial charge in [0.05, 0.1) is 11.6 Å². The maximum absolute atomic E-state index is 12.9. The molecule has 1 heterocycles. The van der Waals surface area contributed by atoms with Crippen LogP contribution in [0.1, 0.15) is 5.56 Å². The van der Waals surface area contributed by atoms with E-state index < -0.39 is 5.82 Å². The second kappa shape index (κ2) is 3.22. The zero-order chi connectivity index (χ0) is 9.97. The monoisotopic (exact) mass is 189 g/mol. The van der Waals surface area contributed by atoms with Crippen LogP contribution in [-0.2, 0) is 0 Å². The van der Waals surface area contributed by atoms with Crippen LogP contribution in [0.25, 0.3) is 11.4 Å². The first-order valence-electron chi connectivity index (χ1n) is 3.75. The number of nitrogens with zero attached hydrogens (tertiary/aromatic N) is 4. The molecule has 6 heteroatoms. The second-order valence-corrected chi connectivity index (χ2v) is 2.54. The summed E-state index contributed by atoms with van der Waals surface area (Å²) in [6.45, 7) is 0. The molecule has 0 amide bonds. The highest BCUT2D eigenvalue weighted by Gasteiger charge is 2.09. The maximum Gasteiger partial charge on any atom is 0.206 e. The van der Waals surface area contributed by atoms with Gasteiger partial charge >= 0.3 is 0 Å². The molecule has 1 aromatic heterocycles. The molecule has 0 saturated carbocycles. The van der Waals surface area contributed by atoms with Crippen LogP contribution in [0.15, 0.2) is 18.2 Å². The average molecular weight is 189 g/mol. The van der Waals surface area contributed by atoms with Crippen LogP contribution < -0.4 is 0 Å². The quantitative estimate of drug-likeness (QED) is 0.722. The van der Waals surface area contributed by atoms with E-state index in [-0.39, 0.29) is 5.82 Å². The van der Waals surface area contributed by atoms with E-state index in [1.165, 1.54) is 18.2 Å². The Morgan fingerprint density at radius 1 is 1.43 bits per heavy atom. The van der Waals surface area contributed by atoms with Crippen molar-refractivity contribution in [2.75, 3.05) is 0 Å². The minimum absolute atomic E-state index is 0.209. The van der Waals surface area contributed by atoms with Crippen LogP contribution in [0.3, 0.4) is 0 Å². The molecule has 2 aromatic rings. The van der Waals surface area contributed by atoms with E-state index in [9.17, 15) is 4.39 Å². The van der Waals surface area contributed by atoms with Crippen LogP contribution in [-0.4, -0.2) is 20.6 Å². The number of nitriles is 1. The normalized spacial score (nSPS) is 9.71. The topological polar surface area (TPSA) is 78.2 Å². The Morgan fingerprint density at radius 3 is 2.93 bits per heavy atom. The van der Waals surface area contributed by atoms with Gasteiger partial charge in [-0.3, -0.25) is 0 Å². The number of H-pyrrole nitrogens is 1. The molecule has 68 valence electrons. The maximum atomic E-state index is 12.9. The van der Waals surface area contributed by atoms with Crippen LogP contribution in [0, 0.1) is 17.1 Å². The van der Waals surface area contributed by atoms with E-state index in [1.54, 1.807) is 0 Å². The zero-order valence-electron chi connectivity index (χ0n) is 6.90. The number of benzene rings is 1. The molecule has 0 spiro atoms. The summed E-state index contributed by atoms with van der Waals surface area (Å²) < 4.78 is 12.9. The molecule has 0 aliphatic rings. The molecule has 0 aliphatic heterocycles. The van der Waals surface area contributed by atoms with Gasteiger partial charge in [-0.05, 0) is 23.4 Å². The number of aromatic nitrogens is 4. The molecule has 1 aromatic carbocycles. The fraction of sp³-hybridized carbons (Fsp3) is 0. The molecule has 0 radical (unpaired) electrons. The fourth-order valence-electron chi connectivity index (χ4n) is 1.07. The van der Waals surface area contributed by atoms with Crippen molar-refractivity contribution in [3.8, 4) is 17.5 Å². The number of tetrazole rings is 1. The third-order valence-corrected chi connectivity index (χ3v) is 1.69. The highest BCUT2D eigenvalue weighted by Crippen LogP contribution is 2.19. The van der Waals surface area contributed by atoms with E-state index in [4.69, 9.17) is 5.26 Å². The predicted octanol–water partition coefficient (Wildman–Crippen LogP) is 0.877. The molecule has 0 unspecified atom stereocenters. The van der Waals surface area contributed by atoms with Gasteiger partial charge in [-0.1, -0.05) is 0 Å². The second-order valence-electron chi connectivity index (χ2n) is 2.54. The minimum Gasteiger partial charge on any atom is -0.207 e. The van der Waals surface area contributed by atoms with E-state index in [0.29, 0.717) is 11.1 Å². The highest BCUT2D eigenvalue weighted by atomic mass is 19.1. The summed E-state index contributed by atoms with van der Waals surface area (Å²) in [5, 5.41) is 21.7. The lowest BCUT2D eigenvalue weighted by Gasteiger charge is -1.97. The first-order valence-corrected chi connectivity index (χ1v) is 3.75. The Balaban J connectivity index is 2.63. The molecule has 0 saturated heterocycles. The Hall–Kier alpha value is -2.29. The molecule has 0 bridgehead atoms. The van der Waals surface area contributed by atoms with E-state index in [0.717, 1.165) is 0 Å². The Bertz CT molecular complexity index is 485. The average Bonchev–Trinajstić information content (AvgIpc) is 2.70. The molecule has 0 fully saturated rings. The van der Waals surface area contributed by atoms with Gasteiger partial charge in [-0.15, -0.1) is 10.2 Å². The predicted molar refractivity (Wildman–Crippen MR) is 44.3 cm³/mol. The molecule has 5 nitrogen and oxygen atoms in total. The van der Waals surface area contributed by atoms with Crippen molar-refractivity contribution in [3.05, 3.63) is 29.6 Å². The van der Waals surface area contributed by atoms with Crippen molar-refractivity contribution in [1.29, 1.82) is 5.26 Å². The Morgan fingerprint density at radius 2 is 2.29 bits per heavy atom. The summed E-state index contributed by atoms with van der Waals surface area (Å²) in [7, 11) is 0. The lowest BCUT2D eigenvalue weighted by atomic mass is 10.1. The third kappa shape index (κ3) is 1.31. The Labute approximate surface area is 78.2 Å². The summed E-state index contributed by atoms with van der Waals surface area (Å²) in [6.07, 6.45) is 0. The SMILES string of the molecule is N#Cc1ccc(F)cc1-c1nn[nH]n1. The largest absolute Gasteiger partial charge is 0.207 e. The lowest BCUT2D eigenvalue weighted by Crippen LogP contribution is -1.88. The van der Waals surface area contributed by atoms with Crippen LogP contribution in [0.4, 0.5) is 4.39 Å². The molecule has 14 heavy (non-hydrogen) atoms. The third-order valence-electron chi connectivity index (χ3n) is 1.69. The van der Waals surface area contributed by atoms with Crippen LogP contribution in [0.2, 0.25) is 0 Å². The number of halogens is 1. The van der Waals surface area contributed by atoms with Gasteiger partial charge < -0.3 is 0 Å². The summed E-state index contributed by atoms with van der Waals surface area (Å²) in [5.41, 5.74) is 0.647. The van der Waals surface area contributed by atoms with Crippen molar-refractivity contribution in [3.63, 3.8) is 0 Å². The van der Waals surface area contributed by atoms with Crippen molar-refractivity contribution in [2.24, 2.45) is 0 Å². The minimum atomic E-state index is -0.441. The van der Waals surface area contributed by atoms with Crippen LogP contribution >= 0.6 is 0 Å². The highest BCUT2D eigenvalue weighted by molar-refractivity contribution is 5.63. The molecule has 1 N–H and O–H groups in total. The standard InChI is InChI=1S/C8H4FN5/c9-6-2-1-5(4-10)7(3-6)8-11-13-14-12-8/h1-3H,(H,11,12,13,14). The van der Waals surface area contributed by atoms with Crippen LogP contribution in [0.5, 0.6) is 0 Å². The summed E-state index contributed by atoms with van der Waals surface area (Å²) in [4.78, 5) is 0. The molecular weight excluding hydrogens is 185 g/mol. The summed E-state index contributed by atoms with van der Waals surface area (Å²) in [6, 6.07) is 5.71. The first kappa shape index (κ1) is 8.31. The zero-order valence-corrected chi connectivity index (χ0v) is 6.90. The molecule has 2 rings (SSSR count). The molecule has 0 atom stereocenters. The number of hydrogen-bond donors (Lipinski definition) is 1. The van der Waals surface area contributed by atoms with Gasteiger partial charge in [-0.2, -0.15) is 10.5 Å². The van der Waals surface area contributed by atoms with E-state index >= 15 is 0 Å². The number of aromatic amines is 1. The first-order chi connectivity index (χ1) is 6.81.